The molecule has 0 radical (unpaired) electrons. The zero-order chi connectivity index (χ0) is 22.5. The number of hydrogen-bond acceptors (Lipinski definition) is 5. The Hall–Kier alpha value is -1.64. The van der Waals surface area contributed by atoms with Crippen molar-refractivity contribution in [3.8, 4) is 5.75 Å². The number of benzene rings is 1. The second kappa shape index (κ2) is 8.61. The van der Waals surface area contributed by atoms with Gasteiger partial charge in [-0.1, -0.05) is 40.3 Å². The van der Waals surface area contributed by atoms with E-state index in [0.717, 1.165) is 29.3 Å². The van der Waals surface area contributed by atoms with Gasteiger partial charge in [-0.15, -0.1) is 0 Å². The monoisotopic (exact) mass is 532 g/mol. The summed E-state index contributed by atoms with van der Waals surface area (Å²) in [7, 11) is 0. The molecule has 32 heavy (non-hydrogen) atoms. The fourth-order valence-electron chi connectivity index (χ4n) is 6.23. The quantitative estimate of drug-likeness (QED) is 0.299. The molecule has 6 rings (SSSR count). The third-order valence-electron chi connectivity index (χ3n) is 7.14. The second-order valence-corrected chi connectivity index (χ2v) is 12.0. The predicted molar refractivity (Wildman–Crippen MR) is 134 cm³/mol. The molecule has 0 atom stereocenters. The standard InChI is InChI=1S/C24H25BrN2O3S2/c1-2-5-30-19-4-3-18(25)9-17(19)10-20-21(28)27(23(31)32-20)26-22(29)24-11-14-6-15(12-24)8-16(7-14)13-24/h2-4,9-10,14-16H,1,5-8,11-13H2,(H,26,29)/b20-10+. The van der Waals surface area contributed by atoms with Gasteiger partial charge in [0.05, 0.1) is 10.3 Å². The van der Waals surface area contributed by atoms with Crippen LogP contribution in [0.5, 0.6) is 5.75 Å². The molecule has 5 fully saturated rings. The summed E-state index contributed by atoms with van der Waals surface area (Å²) in [6.07, 6.45) is 10.1. The maximum absolute atomic E-state index is 13.4. The van der Waals surface area contributed by atoms with Crippen LogP contribution in [0.1, 0.15) is 44.1 Å². The van der Waals surface area contributed by atoms with Crippen molar-refractivity contribution in [3.63, 3.8) is 0 Å². The van der Waals surface area contributed by atoms with Gasteiger partial charge in [0.2, 0.25) is 5.91 Å². The first-order chi connectivity index (χ1) is 15.4. The topological polar surface area (TPSA) is 58.6 Å². The summed E-state index contributed by atoms with van der Waals surface area (Å²) in [5.74, 6) is 2.28. The van der Waals surface area contributed by atoms with Crippen molar-refractivity contribution in [3.05, 3.63) is 45.8 Å². The van der Waals surface area contributed by atoms with Crippen LogP contribution in [0.3, 0.4) is 0 Å². The van der Waals surface area contributed by atoms with E-state index in [9.17, 15) is 9.59 Å². The van der Waals surface area contributed by atoms with E-state index in [1.165, 1.54) is 36.0 Å². The molecule has 1 N–H and O–H groups in total. The van der Waals surface area contributed by atoms with Gasteiger partial charge in [-0.3, -0.25) is 15.0 Å². The summed E-state index contributed by atoms with van der Waals surface area (Å²) in [5, 5.41) is 1.26. The molecular weight excluding hydrogens is 508 g/mol. The summed E-state index contributed by atoms with van der Waals surface area (Å²) in [5.41, 5.74) is 3.32. The average Bonchev–Trinajstić information content (AvgIpc) is 2.99. The zero-order valence-electron chi connectivity index (χ0n) is 17.6. The normalized spacial score (nSPS) is 32.0. The van der Waals surface area contributed by atoms with Gasteiger partial charge in [0.25, 0.3) is 5.91 Å². The molecule has 5 aliphatic rings. The number of ether oxygens (including phenoxy) is 1. The van der Waals surface area contributed by atoms with Crippen molar-refractivity contribution in [2.24, 2.45) is 23.2 Å². The first kappa shape index (κ1) is 22.2. The Morgan fingerprint density at radius 3 is 2.56 bits per heavy atom. The van der Waals surface area contributed by atoms with Crippen LogP contribution in [-0.2, 0) is 9.59 Å². The van der Waals surface area contributed by atoms with Gasteiger partial charge in [-0.05, 0) is 92.8 Å². The average molecular weight is 534 g/mol. The lowest BCUT2D eigenvalue weighted by molar-refractivity contribution is -0.152. The molecule has 1 aromatic carbocycles. The summed E-state index contributed by atoms with van der Waals surface area (Å²) in [4.78, 5) is 27.0. The van der Waals surface area contributed by atoms with E-state index in [4.69, 9.17) is 17.0 Å². The number of hydrazine groups is 1. The summed E-state index contributed by atoms with van der Waals surface area (Å²) in [6.45, 7) is 4.05. The van der Waals surface area contributed by atoms with Gasteiger partial charge in [-0.2, -0.15) is 5.01 Å². The fourth-order valence-corrected chi connectivity index (χ4v) is 7.78. The molecule has 1 heterocycles. The number of thiocarbonyl (C=S) groups is 1. The minimum Gasteiger partial charge on any atom is -0.489 e. The van der Waals surface area contributed by atoms with Crippen molar-refractivity contribution in [1.29, 1.82) is 0 Å². The van der Waals surface area contributed by atoms with Crippen LogP contribution in [0.25, 0.3) is 6.08 Å². The van der Waals surface area contributed by atoms with Crippen LogP contribution < -0.4 is 10.2 Å². The first-order valence-electron chi connectivity index (χ1n) is 11.0. The number of carbonyl (C=O) groups excluding carboxylic acids is 2. The Morgan fingerprint density at radius 1 is 1.28 bits per heavy atom. The van der Waals surface area contributed by atoms with Gasteiger partial charge < -0.3 is 4.74 Å². The lowest BCUT2D eigenvalue weighted by Crippen LogP contribution is -2.57. The van der Waals surface area contributed by atoms with Gasteiger partial charge in [0, 0.05) is 10.0 Å². The molecule has 5 nitrogen and oxygen atoms in total. The second-order valence-electron chi connectivity index (χ2n) is 9.44. The Labute approximate surface area is 206 Å². The fraction of sp³-hybridized carbons (Fsp3) is 0.458. The number of nitrogens with zero attached hydrogens (tertiary/aromatic N) is 1. The van der Waals surface area contributed by atoms with Gasteiger partial charge in [-0.25, -0.2) is 0 Å². The van der Waals surface area contributed by atoms with E-state index in [0.29, 0.717) is 39.3 Å². The third kappa shape index (κ3) is 4.05. The lowest BCUT2D eigenvalue weighted by Gasteiger charge is -2.55. The Morgan fingerprint density at radius 2 is 1.94 bits per heavy atom. The number of carbonyl (C=O) groups is 2. The highest BCUT2D eigenvalue weighted by atomic mass is 79.9. The van der Waals surface area contributed by atoms with E-state index >= 15 is 0 Å². The minimum atomic E-state index is -0.336. The zero-order valence-corrected chi connectivity index (χ0v) is 20.9. The third-order valence-corrected chi connectivity index (χ3v) is 8.94. The largest absolute Gasteiger partial charge is 0.489 e. The van der Waals surface area contributed by atoms with Crippen molar-refractivity contribution in [2.75, 3.05) is 6.61 Å². The number of amides is 2. The molecule has 1 aromatic rings. The maximum Gasteiger partial charge on any atom is 0.285 e. The Balaban J connectivity index is 1.34. The van der Waals surface area contributed by atoms with E-state index in [1.807, 2.05) is 18.2 Å². The van der Waals surface area contributed by atoms with Gasteiger partial charge >= 0.3 is 0 Å². The number of rotatable bonds is 6. The molecule has 0 unspecified atom stereocenters. The predicted octanol–water partition coefficient (Wildman–Crippen LogP) is 5.46. The van der Waals surface area contributed by atoms with Crippen LogP contribution in [0.15, 0.2) is 40.2 Å². The first-order valence-corrected chi connectivity index (χ1v) is 13.0. The van der Waals surface area contributed by atoms with Crippen molar-refractivity contribution in [1.82, 2.24) is 10.4 Å². The van der Waals surface area contributed by atoms with Crippen LogP contribution in [0.2, 0.25) is 0 Å². The van der Waals surface area contributed by atoms with Gasteiger partial charge in [0.1, 0.15) is 12.4 Å². The van der Waals surface area contributed by atoms with Crippen LogP contribution in [0.4, 0.5) is 0 Å². The Bertz CT molecular complexity index is 1000. The van der Waals surface area contributed by atoms with Crippen molar-refractivity contribution >= 4 is 62.1 Å². The molecule has 168 valence electrons. The molecule has 8 heteroatoms. The minimum absolute atomic E-state index is 0.0355. The molecule has 2 amide bonds. The highest BCUT2D eigenvalue weighted by Gasteiger charge is 2.55. The number of hydrogen-bond donors (Lipinski definition) is 1. The van der Waals surface area contributed by atoms with E-state index < -0.39 is 0 Å². The van der Waals surface area contributed by atoms with E-state index in [-0.39, 0.29) is 17.2 Å². The number of nitrogens with one attached hydrogen (secondary N) is 1. The van der Waals surface area contributed by atoms with Crippen LogP contribution >= 0.6 is 39.9 Å². The molecule has 4 bridgehead atoms. The SMILES string of the molecule is C=CCOc1ccc(Br)cc1/C=C1/SC(=S)N(NC(=O)C23CC4CC(CC(C4)C2)C3)C1=O. The van der Waals surface area contributed by atoms with E-state index in [2.05, 4.69) is 27.9 Å². The molecule has 0 spiro atoms. The van der Waals surface area contributed by atoms with Gasteiger partial charge in [0.15, 0.2) is 4.32 Å². The van der Waals surface area contributed by atoms with Crippen LogP contribution in [-0.4, -0.2) is 27.8 Å². The highest BCUT2D eigenvalue weighted by Crippen LogP contribution is 2.60. The van der Waals surface area contributed by atoms with Crippen molar-refractivity contribution in [2.45, 2.75) is 38.5 Å². The lowest BCUT2D eigenvalue weighted by atomic mass is 9.49. The summed E-state index contributed by atoms with van der Waals surface area (Å²) in [6, 6.07) is 5.61. The molecule has 4 saturated carbocycles. The molecule has 0 aromatic heterocycles. The summed E-state index contributed by atoms with van der Waals surface area (Å²) >= 11 is 10.1. The number of thioether (sulfide) groups is 1. The van der Waals surface area contributed by atoms with Crippen LogP contribution in [0, 0.1) is 23.2 Å². The highest BCUT2D eigenvalue weighted by molar-refractivity contribution is 9.10. The Kier molecular flexibility index (Phi) is 5.97. The smallest absolute Gasteiger partial charge is 0.285 e. The molecule has 1 saturated heterocycles. The number of halogens is 1. The van der Waals surface area contributed by atoms with E-state index in [1.54, 1.807) is 12.2 Å². The molecule has 4 aliphatic carbocycles. The maximum atomic E-state index is 13.4. The molecule has 1 aliphatic heterocycles. The van der Waals surface area contributed by atoms with Crippen molar-refractivity contribution < 1.29 is 14.3 Å². The molecular formula is C24H25BrN2O3S2. The summed E-state index contributed by atoms with van der Waals surface area (Å²) < 4.78 is 6.95.